The van der Waals surface area contributed by atoms with Crippen LogP contribution in [-0.4, -0.2) is 24.1 Å². The summed E-state index contributed by atoms with van der Waals surface area (Å²) < 4.78 is 6.17. The van der Waals surface area contributed by atoms with Crippen LogP contribution >= 0.6 is 0 Å². The van der Waals surface area contributed by atoms with E-state index in [1.165, 1.54) is 19.3 Å². The monoisotopic (exact) mass is 457 g/mol. The molecule has 0 saturated carbocycles. The van der Waals surface area contributed by atoms with Gasteiger partial charge in [-0.1, -0.05) is 93.3 Å². The van der Waals surface area contributed by atoms with Crippen LogP contribution in [0.25, 0.3) is 11.1 Å². The van der Waals surface area contributed by atoms with Gasteiger partial charge in [0.25, 0.3) is 0 Å². The molecule has 0 radical (unpaired) electrons. The number of aldehydes is 1. The van der Waals surface area contributed by atoms with E-state index in [9.17, 15) is 9.59 Å². The summed E-state index contributed by atoms with van der Waals surface area (Å²) in [6.45, 7) is 3.15. The van der Waals surface area contributed by atoms with Gasteiger partial charge in [0.1, 0.15) is 18.6 Å². The van der Waals surface area contributed by atoms with Gasteiger partial charge in [0.15, 0.2) is 0 Å². The molecule has 0 aliphatic rings. The van der Waals surface area contributed by atoms with Crippen LogP contribution in [0.5, 0.6) is 5.75 Å². The molecule has 178 valence electrons. The molecule has 0 aromatic heterocycles. The molecule has 0 fully saturated rings. The SMILES string of the molecule is CCCCCCCC(=O)N(C)Cc1cc(-c2ccc(C=O)cc2)ccc1OCc1ccccc1. The summed E-state index contributed by atoms with van der Waals surface area (Å²) in [5, 5.41) is 0. The Hall–Kier alpha value is -3.40. The summed E-state index contributed by atoms with van der Waals surface area (Å²) >= 11 is 0. The molecule has 0 unspecified atom stereocenters. The van der Waals surface area contributed by atoms with Gasteiger partial charge < -0.3 is 9.64 Å². The maximum absolute atomic E-state index is 12.7. The number of hydrogen-bond donors (Lipinski definition) is 0. The van der Waals surface area contributed by atoms with Gasteiger partial charge in [0.05, 0.1) is 0 Å². The molecule has 0 bridgehead atoms. The smallest absolute Gasteiger partial charge is 0.222 e. The lowest BCUT2D eigenvalue weighted by Gasteiger charge is -2.20. The Labute approximate surface area is 203 Å². The summed E-state index contributed by atoms with van der Waals surface area (Å²) in [4.78, 5) is 25.5. The van der Waals surface area contributed by atoms with Crippen molar-refractivity contribution < 1.29 is 14.3 Å². The molecule has 0 spiro atoms. The van der Waals surface area contributed by atoms with E-state index in [1.807, 2.05) is 73.8 Å². The van der Waals surface area contributed by atoms with Crippen LogP contribution in [-0.2, 0) is 17.9 Å². The predicted molar refractivity (Wildman–Crippen MR) is 138 cm³/mol. The van der Waals surface area contributed by atoms with Crippen molar-refractivity contribution in [3.63, 3.8) is 0 Å². The van der Waals surface area contributed by atoms with Gasteiger partial charge in [-0.25, -0.2) is 0 Å². The minimum atomic E-state index is 0.159. The quantitative estimate of drug-likeness (QED) is 0.204. The first-order chi connectivity index (χ1) is 16.6. The second-order valence-corrected chi connectivity index (χ2v) is 8.75. The van der Waals surface area contributed by atoms with Crippen LogP contribution in [0.1, 0.15) is 66.9 Å². The highest BCUT2D eigenvalue weighted by Crippen LogP contribution is 2.29. The van der Waals surface area contributed by atoms with Crippen molar-refractivity contribution in [1.29, 1.82) is 0 Å². The summed E-state index contributed by atoms with van der Waals surface area (Å²) in [5.41, 5.74) is 4.76. The number of carbonyl (C=O) groups excluding carboxylic acids is 2. The zero-order chi connectivity index (χ0) is 24.2. The van der Waals surface area contributed by atoms with Gasteiger partial charge in [-0.3, -0.25) is 9.59 Å². The highest BCUT2D eigenvalue weighted by Gasteiger charge is 2.14. The van der Waals surface area contributed by atoms with Gasteiger partial charge in [0.2, 0.25) is 5.91 Å². The number of rotatable bonds is 13. The van der Waals surface area contributed by atoms with Crippen molar-refractivity contribution in [2.45, 2.75) is 58.6 Å². The molecule has 34 heavy (non-hydrogen) atoms. The summed E-state index contributed by atoms with van der Waals surface area (Å²) in [5.74, 6) is 0.936. The van der Waals surface area contributed by atoms with Crippen molar-refractivity contribution in [3.8, 4) is 16.9 Å². The molecule has 3 aromatic rings. The molecule has 3 aromatic carbocycles. The first-order valence-corrected chi connectivity index (χ1v) is 12.2. The zero-order valence-corrected chi connectivity index (χ0v) is 20.3. The molecular formula is C30H35NO3. The fourth-order valence-electron chi connectivity index (χ4n) is 3.93. The maximum Gasteiger partial charge on any atom is 0.222 e. The third-order valence-electron chi connectivity index (χ3n) is 6.01. The average molecular weight is 458 g/mol. The first-order valence-electron chi connectivity index (χ1n) is 12.2. The lowest BCUT2D eigenvalue weighted by Crippen LogP contribution is -2.26. The maximum atomic E-state index is 12.7. The Morgan fingerprint density at radius 2 is 1.59 bits per heavy atom. The van der Waals surface area contributed by atoms with Crippen molar-refractivity contribution in [3.05, 3.63) is 89.5 Å². The molecule has 4 nitrogen and oxygen atoms in total. The Morgan fingerprint density at radius 3 is 2.29 bits per heavy atom. The lowest BCUT2D eigenvalue weighted by molar-refractivity contribution is -0.130. The van der Waals surface area contributed by atoms with E-state index in [-0.39, 0.29) is 5.91 Å². The molecule has 0 atom stereocenters. The lowest BCUT2D eigenvalue weighted by atomic mass is 10.0. The largest absolute Gasteiger partial charge is 0.489 e. The summed E-state index contributed by atoms with van der Waals surface area (Å²) in [7, 11) is 1.86. The van der Waals surface area contributed by atoms with Crippen LogP contribution < -0.4 is 4.74 Å². The number of unbranched alkanes of at least 4 members (excludes halogenated alkanes) is 4. The second kappa shape index (κ2) is 13.3. The van der Waals surface area contributed by atoms with Crippen LogP contribution in [0.2, 0.25) is 0 Å². The number of benzene rings is 3. The van der Waals surface area contributed by atoms with E-state index < -0.39 is 0 Å². The molecule has 0 aliphatic carbocycles. The minimum Gasteiger partial charge on any atom is -0.489 e. The molecule has 0 saturated heterocycles. The fraction of sp³-hybridized carbons (Fsp3) is 0.333. The van der Waals surface area contributed by atoms with Gasteiger partial charge in [-0.05, 0) is 35.2 Å². The number of amides is 1. The van der Waals surface area contributed by atoms with Gasteiger partial charge in [-0.2, -0.15) is 0 Å². The van der Waals surface area contributed by atoms with Crippen LogP contribution in [0.4, 0.5) is 0 Å². The standard InChI is InChI=1S/C30H35NO3/c1-3-4-5-6-10-13-30(33)31(2)21-28-20-27(26-16-14-24(22-32)15-17-26)18-19-29(28)34-23-25-11-8-7-9-12-25/h7-9,11-12,14-20,22H,3-6,10,13,21,23H2,1-2H3. The third-order valence-corrected chi connectivity index (χ3v) is 6.01. The van der Waals surface area contributed by atoms with E-state index >= 15 is 0 Å². The predicted octanol–water partition coefficient (Wildman–Crippen LogP) is 7.06. The number of hydrogen-bond acceptors (Lipinski definition) is 3. The third kappa shape index (κ3) is 7.58. The first kappa shape index (κ1) is 25.2. The van der Waals surface area contributed by atoms with Gasteiger partial charge in [0, 0.05) is 31.1 Å². The average Bonchev–Trinajstić information content (AvgIpc) is 2.88. The Bertz CT molecular complexity index is 1040. The molecule has 1 amide bonds. The Morgan fingerprint density at radius 1 is 0.882 bits per heavy atom. The minimum absolute atomic E-state index is 0.159. The van der Waals surface area contributed by atoms with Gasteiger partial charge >= 0.3 is 0 Å². The zero-order valence-electron chi connectivity index (χ0n) is 20.3. The molecule has 0 N–H and O–H groups in total. The molecule has 0 heterocycles. The Kier molecular flexibility index (Phi) is 9.90. The highest BCUT2D eigenvalue weighted by atomic mass is 16.5. The molecular weight excluding hydrogens is 422 g/mol. The second-order valence-electron chi connectivity index (χ2n) is 8.75. The van der Waals surface area contributed by atoms with E-state index in [0.29, 0.717) is 25.1 Å². The van der Waals surface area contributed by atoms with E-state index in [2.05, 4.69) is 13.0 Å². The molecule has 3 rings (SSSR count). The van der Waals surface area contributed by atoms with Crippen LogP contribution in [0.3, 0.4) is 0 Å². The fourth-order valence-corrected chi connectivity index (χ4v) is 3.93. The number of ether oxygens (including phenoxy) is 1. The normalized spacial score (nSPS) is 10.6. The number of nitrogens with zero attached hydrogens (tertiary/aromatic N) is 1. The molecule has 4 heteroatoms. The van der Waals surface area contributed by atoms with E-state index in [1.54, 1.807) is 4.90 Å². The topological polar surface area (TPSA) is 46.6 Å². The van der Waals surface area contributed by atoms with E-state index in [4.69, 9.17) is 4.74 Å². The van der Waals surface area contributed by atoms with Crippen molar-refractivity contribution in [1.82, 2.24) is 4.90 Å². The summed E-state index contributed by atoms with van der Waals surface area (Å²) in [6.07, 6.45) is 7.08. The number of carbonyl (C=O) groups is 2. The van der Waals surface area contributed by atoms with Gasteiger partial charge in [-0.15, -0.1) is 0 Å². The van der Waals surface area contributed by atoms with Crippen molar-refractivity contribution >= 4 is 12.2 Å². The van der Waals surface area contributed by atoms with Crippen LogP contribution in [0, 0.1) is 0 Å². The molecule has 0 aliphatic heterocycles. The van der Waals surface area contributed by atoms with Crippen LogP contribution in [0.15, 0.2) is 72.8 Å². The highest BCUT2D eigenvalue weighted by molar-refractivity contribution is 5.77. The summed E-state index contributed by atoms with van der Waals surface area (Å²) in [6, 6.07) is 23.7. The van der Waals surface area contributed by atoms with E-state index in [0.717, 1.165) is 47.1 Å². The van der Waals surface area contributed by atoms with Crippen molar-refractivity contribution in [2.75, 3.05) is 7.05 Å². The van der Waals surface area contributed by atoms with Crippen molar-refractivity contribution in [2.24, 2.45) is 0 Å². The Balaban J connectivity index is 1.75.